The first-order valence-corrected chi connectivity index (χ1v) is 15.3. The third kappa shape index (κ3) is 7.40. The first-order chi connectivity index (χ1) is 18.3. The molecule has 216 valence electrons. The van der Waals surface area contributed by atoms with Crippen LogP contribution in [0.5, 0.6) is 5.75 Å². The van der Waals surface area contributed by atoms with Gasteiger partial charge in [0.1, 0.15) is 11.6 Å². The number of hydrogen-bond acceptors (Lipinski definition) is 9. The lowest BCUT2D eigenvalue weighted by atomic mass is 10.2. The maximum Gasteiger partial charge on any atom is 0.394 e. The van der Waals surface area contributed by atoms with E-state index in [1.165, 1.54) is 4.31 Å². The number of nitrogens with zero attached hydrogens (tertiary/aromatic N) is 5. The van der Waals surface area contributed by atoms with Crippen molar-refractivity contribution in [2.24, 2.45) is 0 Å². The van der Waals surface area contributed by atoms with Crippen molar-refractivity contribution in [2.45, 2.75) is 45.4 Å². The molecule has 16 heteroatoms. The summed E-state index contributed by atoms with van der Waals surface area (Å²) in [5.41, 5.74) is 1.09. The van der Waals surface area contributed by atoms with Gasteiger partial charge < -0.3 is 14.6 Å². The third-order valence-electron chi connectivity index (χ3n) is 6.14. The highest BCUT2D eigenvalue weighted by atomic mass is 32.3. The maximum atomic E-state index is 13.4. The number of hydrogen-bond donors (Lipinski definition) is 3. The molecule has 1 saturated heterocycles. The van der Waals surface area contributed by atoms with E-state index in [1.807, 2.05) is 13.8 Å². The monoisotopic (exact) mass is 586 g/mol. The fourth-order valence-corrected chi connectivity index (χ4v) is 5.76. The van der Waals surface area contributed by atoms with Gasteiger partial charge in [-0.15, -0.1) is 5.10 Å². The van der Waals surface area contributed by atoms with Gasteiger partial charge in [0.15, 0.2) is 11.3 Å². The molecule has 0 saturated carbocycles. The van der Waals surface area contributed by atoms with Gasteiger partial charge in [-0.25, -0.2) is 17.9 Å². The Bertz CT molecular complexity index is 1570. The molecule has 0 radical (unpaired) electrons. The summed E-state index contributed by atoms with van der Waals surface area (Å²) in [4.78, 5) is 22.6. The number of nitrogens with one attached hydrogen (secondary N) is 1. The number of H-pyrrole nitrogens is 1. The summed E-state index contributed by atoms with van der Waals surface area (Å²) in [5, 5.41) is 4.65. The molecule has 3 N–H and O–H groups in total. The summed E-state index contributed by atoms with van der Waals surface area (Å²) in [6, 6.07) is 4.72. The van der Waals surface area contributed by atoms with Crippen LogP contribution in [0.3, 0.4) is 0 Å². The van der Waals surface area contributed by atoms with Crippen molar-refractivity contribution in [3.05, 3.63) is 40.1 Å². The number of fused-ring (bicyclic) bond motifs is 1. The van der Waals surface area contributed by atoms with Crippen LogP contribution in [-0.2, 0) is 26.8 Å². The normalized spacial score (nSPS) is 15.2. The lowest BCUT2D eigenvalue weighted by Crippen LogP contribution is -2.48. The van der Waals surface area contributed by atoms with E-state index < -0.39 is 20.4 Å². The first-order valence-electron chi connectivity index (χ1n) is 12.5. The second kappa shape index (κ2) is 12.5. The molecule has 2 aromatic heterocycles. The molecule has 0 amide bonds. The molecule has 1 aliphatic rings. The van der Waals surface area contributed by atoms with Gasteiger partial charge in [0.05, 0.1) is 22.8 Å². The second-order valence-electron chi connectivity index (χ2n) is 8.80. The average Bonchev–Trinajstić information content (AvgIpc) is 3.19. The van der Waals surface area contributed by atoms with E-state index in [0.717, 1.165) is 13.0 Å². The van der Waals surface area contributed by atoms with Gasteiger partial charge in [0.25, 0.3) is 5.56 Å². The van der Waals surface area contributed by atoms with E-state index in [4.69, 9.17) is 22.3 Å². The quantitative estimate of drug-likeness (QED) is 0.324. The highest BCUT2D eigenvalue weighted by Crippen LogP contribution is 2.31. The van der Waals surface area contributed by atoms with Crippen molar-refractivity contribution in [3.8, 4) is 17.1 Å². The molecule has 0 atom stereocenters. The van der Waals surface area contributed by atoms with Crippen molar-refractivity contribution < 1.29 is 30.7 Å². The molecule has 4 rings (SSSR count). The van der Waals surface area contributed by atoms with Gasteiger partial charge in [0.2, 0.25) is 10.0 Å². The SMILES string of the molecule is CCCc1nc(C)c2c(=O)[nH]c(-c3cc(S(=O)(=O)N4CCN(CC)CC4)ccc3OCC)nn12.O=S(=O)(O)O. The largest absolute Gasteiger partial charge is 0.493 e. The van der Waals surface area contributed by atoms with E-state index >= 15 is 0 Å². The van der Waals surface area contributed by atoms with E-state index in [2.05, 4.69) is 26.9 Å². The fourth-order valence-electron chi connectivity index (χ4n) is 4.31. The van der Waals surface area contributed by atoms with Gasteiger partial charge in [-0.3, -0.25) is 13.9 Å². The molecular formula is C23H34N6O8S2. The molecule has 1 fully saturated rings. The molecule has 3 aromatic rings. The van der Waals surface area contributed by atoms with Gasteiger partial charge in [-0.2, -0.15) is 12.7 Å². The van der Waals surface area contributed by atoms with Gasteiger partial charge in [0, 0.05) is 32.6 Å². The zero-order valence-electron chi connectivity index (χ0n) is 22.3. The molecule has 3 heterocycles. The molecule has 0 bridgehead atoms. The molecule has 14 nitrogen and oxygen atoms in total. The topological polar surface area (TPSA) is 187 Å². The zero-order chi connectivity index (χ0) is 29.0. The standard InChI is InChI=1S/C23H32N6O4S.H2O4S/c1-5-8-20-24-16(4)21-23(30)25-22(26-29(20)21)18-15-17(9-10-19(18)33-7-3)34(31,32)28-13-11-27(6-2)12-14-28;1-5(2,3)4/h9-10,15H,5-8,11-14H2,1-4H3,(H,25,26,30);(H2,1,2,3,4). The molecule has 1 aliphatic heterocycles. The van der Waals surface area contributed by atoms with Crippen LogP contribution in [0.4, 0.5) is 0 Å². The molecular weight excluding hydrogens is 552 g/mol. The third-order valence-corrected chi connectivity index (χ3v) is 8.03. The highest BCUT2D eigenvalue weighted by Gasteiger charge is 2.29. The first kappa shape index (κ1) is 30.6. The number of piperazine rings is 1. The molecule has 39 heavy (non-hydrogen) atoms. The molecule has 1 aromatic carbocycles. The second-order valence-corrected chi connectivity index (χ2v) is 11.6. The lowest BCUT2D eigenvalue weighted by Gasteiger charge is -2.33. The predicted molar refractivity (Wildman–Crippen MR) is 144 cm³/mol. The lowest BCUT2D eigenvalue weighted by molar-refractivity contribution is 0.196. The van der Waals surface area contributed by atoms with Crippen molar-refractivity contribution in [2.75, 3.05) is 39.3 Å². The van der Waals surface area contributed by atoms with Crippen LogP contribution in [0.1, 0.15) is 38.7 Å². The summed E-state index contributed by atoms with van der Waals surface area (Å²) in [5.74, 6) is 1.38. The number of sulfonamides is 1. The van der Waals surface area contributed by atoms with Crippen molar-refractivity contribution in [1.82, 2.24) is 28.8 Å². The number of ether oxygens (including phenoxy) is 1. The van der Waals surface area contributed by atoms with E-state index in [-0.39, 0.29) is 16.3 Å². The number of aromatic amines is 1. The Balaban J connectivity index is 0.000000771. The van der Waals surface area contributed by atoms with E-state index in [0.29, 0.717) is 67.6 Å². The average molecular weight is 587 g/mol. The number of rotatable bonds is 8. The van der Waals surface area contributed by atoms with Crippen molar-refractivity contribution in [3.63, 3.8) is 0 Å². The summed E-state index contributed by atoms with van der Waals surface area (Å²) in [7, 11) is -8.38. The van der Waals surface area contributed by atoms with Crippen LogP contribution in [0.2, 0.25) is 0 Å². The Morgan fingerprint density at radius 2 is 1.69 bits per heavy atom. The zero-order valence-corrected chi connectivity index (χ0v) is 23.9. The van der Waals surface area contributed by atoms with E-state index in [9.17, 15) is 13.2 Å². The predicted octanol–water partition coefficient (Wildman–Crippen LogP) is 1.42. The Kier molecular flexibility index (Phi) is 9.84. The number of imidazole rings is 1. The van der Waals surface area contributed by atoms with Gasteiger partial charge in [-0.1, -0.05) is 13.8 Å². The minimum absolute atomic E-state index is 0.147. The minimum Gasteiger partial charge on any atom is -0.493 e. The molecule has 0 unspecified atom stereocenters. The van der Waals surface area contributed by atoms with Crippen molar-refractivity contribution >= 4 is 25.9 Å². The molecule has 0 aliphatic carbocycles. The summed E-state index contributed by atoms with van der Waals surface area (Å²) in [6.45, 7) is 11.3. The molecule has 0 spiro atoms. The fraction of sp³-hybridized carbons (Fsp3) is 0.522. The number of benzene rings is 1. The van der Waals surface area contributed by atoms with Crippen LogP contribution >= 0.6 is 0 Å². The summed E-state index contributed by atoms with van der Waals surface area (Å²) >= 11 is 0. The number of aromatic nitrogens is 4. The smallest absolute Gasteiger partial charge is 0.394 e. The number of aryl methyl sites for hydroxylation is 2. The van der Waals surface area contributed by atoms with Crippen LogP contribution < -0.4 is 10.3 Å². The Hall–Kier alpha value is -2.89. The number of likely N-dealkylation sites (N-methyl/N-ethyl adjacent to an activating group) is 1. The summed E-state index contributed by atoms with van der Waals surface area (Å²) < 4.78 is 67.3. The van der Waals surface area contributed by atoms with Crippen LogP contribution in [0.15, 0.2) is 27.9 Å². The Labute approximate surface area is 227 Å². The maximum absolute atomic E-state index is 13.4. The summed E-state index contributed by atoms with van der Waals surface area (Å²) in [6.07, 6.45) is 1.52. The van der Waals surface area contributed by atoms with Gasteiger partial charge >= 0.3 is 10.4 Å². The van der Waals surface area contributed by atoms with Crippen LogP contribution in [-0.4, -0.2) is 94.1 Å². The highest BCUT2D eigenvalue weighted by molar-refractivity contribution is 7.89. The van der Waals surface area contributed by atoms with Crippen LogP contribution in [0, 0.1) is 6.92 Å². The van der Waals surface area contributed by atoms with Crippen LogP contribution in [0.25, 0.3) is 16.9 Å². The van der Waals surface area contributed by atoms with E-state index in [1.54, 1.807) is 29.6 Å². The Morgan fingerprint density at radius 3 is 2.26 bits per heavy atom. The minimum atomic E-state index is -4.67. The van der Waals surface area contributed by atoms with Gasteiger partial charge in [-0.05, 0) is 45.0 Å². The Morgan fingerprint density at radius 1 is 1.05 bits per heavy atom. The van der Waals surface area contributed by atoms with Crippen molar-refractivity contribution in [1.29, 1.82) is 0 Å².